The second-order valence-electron chi connectivity index (χ2n) is 3.43. The Morgan fingerprint density at radius 2 is 1.84 bits per heavy atom. The summed E-state index contributed by atoms with van der Waals surface area (Å²) in [7, 11) is 0. The molecule has 0 saturated heterocycles. The molecule has 0 aliphatic rings. The number of hydrazone groups is 1. The zero-order valence-electron chi connectivity index (χ0n) is 9.39. The predicted octanol–water partition coefficient (Wildman–Crippen LogP) is 0.0315. The molecule has 3 N–H and O–H groups in total. The van der Waals surface area contributed by atoms with Crippen molar-refractivity contribution < 1.29 is 0 Å². The summed E-state index contributed by atoms with van der Waals surface area (Å²) in [5.74, 6) is 0. The maximum Gasteiger partial charge on any atom is 0.272 e. The number of H-pyrrole nitrogens is 2. The minimum Gasteiger partial charge on any atom is -0.276 e. The second-order valence-corrected chi connectivity index (χ2v) is 3.43. The smallest absolute Gasteiger partial charge is 0.272 e. The van der Waals surface area contributed by atoms with E-state index < -0.39 is 16.8 Å². The van der Waals surface area contributed by atoms with Crippen molar-refractivity contribution in [3.63, 3.8) is 0 Å². The van der Waals surface area contributed by atoms with Crippen LogP contribution in [0, 0.1) is 22.7 Å². The third-order valence-corrected chi connectivity index (χ3v) is 2.33. The highest BCUT2D eigenvalue weighted by molar-refractivity contribution is 6.10. The van der Waals surface area contributed by atoms with Crippen LogP contribution in [0.3, 0.4) is 0 Å². The summed E-state index contributed by atoms with van der Waals surface area (Å²) < 4.78 is 0. The van der Waals surface area contributed by atoms with Gasteiger partial charge in [-0.3, -0.25) is 25.2 Å². The summed E-state index contributed by atoms with van der Waals surface area (Å²) in [5, 5.41) is 25.3. The Bertz CT molecular complexity index is 846. The van der Waals surface area contributed by atoms with E-state index in [1.807, 2.05) is 0 Å². The number of aromatic amines is 2. The number of hydrogen-bond donors (Lipinski definition) is 3. The Morgan fingerprint density at radius 1 is 1.16 bits per heavy atom. The number of anilines is 1. The summed E-state index contributed by atoms with van der Waals surface area (Å²) in [6, 6.07) is 7.67. The van der Waals surface area contributed by atoms with Crippen molar-refractivity contribution in [2.45, 2.75) is 0 Å². The summed E-state index contributed by atoms with van der Waals surface area (Å²) in [6.45, 7) is 0. The molecule has 92 valence electrons. The van der Waals surface area contributed by atoms with Crippen LogP contribution in [0.1, 0.15) is 0 Å². The first-order chi connectivity index (χ1) is 9.17. The van der Waals surface area contributed by atoms with Crippen LogP contribution in [0.5, 0.6) is 0 Å². The van der Waals surface area contributed by atoms with Crippen LogP contribution in [-0.2, 0) is 0 Å². The quantitative estimate of drug-likeness (QED) is 0.512. The van der Waals surface area contributed by atoms with Crippen molar-refractivity contribution in [2.75, 3.05) is 5.43 Å². The molecule has 0 bridgehead atoms. The summed E-state index contributed by atoms with van der Waals surface area (Å²) in [6.07, 6.45) is 0. The van der Waals surface area contributed by atoms with E-state index in [0.717, 1.165) is 0 Å². The summed E-state index contributed by atoms with van der Waals surface area (Å²) in [5.41, 5.74) is 1.30. The van der Waals surface area contributed by atoms with E-state index in [1.165, 1.54) is 12.1 Å². The lowest BCUT2D eigenvalue weighted by molar-refractivity contribution is 0.976. The van der Waals surface area contributed by atoms with Gasteiger partial charge in [0.15, 0.2) is 0 Å². The maximum absolute atomic E-state index is 11.7. The van der Waals surface area contributed by atoms with Gasteiger partial charge in [-0.15, -0.1) is 0 Å². The lowest BCUT2D eigenvalue weighted by atomic mass is 10.1. The third-order valence-electron chi connectivity index (χ3n) is 2.33. The fourth-order valence-corrected chi connectivity index (χ4v) is 1.51. The summed E-state index contributed by atoms with van der Waals surface area (Å²) >= 11 is 0. The molecule has 0 spiro atoms. The SMILES string of the molecule is N#CC(C#N)=NNc1cccc2c(=O)[nH][nH]c(=O)c12. The molecule has 0 radical (unpaired) electrons. The molecule has 0 aliphatic carbocycles. The molecule has 2 rings (SSSR count). The first kappa shape index (κ1) is 12.1. The van der Waals surface area contributed by atoms with E-state index in [-0.39, 0.29) is 16.5 Å². The molecule has 8 nitrogen and oxygen atoms in total. The van der Waals surface area contributed by atoms with Gasteiger partial charge in [0, 0.05) is 0 Å². The average Bonchev–Trinajstić information content (AvgIpc) is 2.44. The zero-order valence-corrected chi connectivity index (χ0v) is 9.39. The topological polar surface area (TPSA) is 138 Å². The third kappa shape index (κ3) is 2.18. The number of benzene rings is 1. The predicted molar refractivity (Wildman–Crippen MR) is 67.5 cm³/mol. The molecule has 0 amide bonds. The first-order valence-electron chi connectivity index (χ1n) is 5.05. The lowest BCUT2D eigenvalue weighted by Crippen LogP contribution is -2.19. The van der Waals surface area contributed by atoms with Gasteiger partial charge >= 0.3 is 0 Å². The van der Waals surface area contributed by atoms with Crippen molar-refractivity contribution in [2.24, 2.45) is 5.10 Å². The maximum atomic E-state index is 11.7. The van der Waals surface area contributed by atoms with Gasteiger partial charge in [0.05, 0.1) is 16.5 Å². The molecule has 0 unspecified atom stereocenters. The highest BCUT2D eigenvalue weighted by Gasteiger charge is 2.07. The van der Waals surface area contributed by atoms with Crippen molar-refractivity contribution in [1.29, 1.82) is 10.5 Å². The highest BCUT2D eigenvalue weighted by Crippen LogP contribution is 2.16. The van der Waals surface area contributed by atoms with Crippen LogP contribution < -0.4 is 16.5 Å². The van der Waals surface area contributed by atoms with E-state index in [4.69, 9.17) is 10.5 Å². The van der Waals surface area contributed by atoms with E-state index in [0.29, 0.717) is 0 Å². The average molecular weight is 254 g/mol. The van der Waals surface area contributed by atoms with Crippen LogP contribution in [0.4, 0.5) is 5.69 Å². The molecular formula is C11H6N6O2. The standard InChI is InChI=1S/C11H6N6O2/c12-4-6(5-13)14-15-8-3-1-2-7-9(8)11(19)17-16-10(7)18/h1-3,15H,(H,16,18)(H,17,19). The van der Waals surface area contributed by atoms with Crippen LogP contribution >= 0.6 is 0 Å². The first-order valence-corrected chi connectivity index (χ1v) is 5.05. The van der Waals surface area contributed by atoms with E-state index >= 15 is 0 Å². The molecule has 0 atom stereocenters. The van der Waals surface area contributed by atoms with E-state index in [1.54, 1.807) is 18.2 Å². The van der Waals surface area contributed by atoms with Gasteiger partial charge in [0.1, 0.15) is 12.1 Å². The van der Waals surface area contributed by atoms with Gasteiger partial charge in [-0.25, -0.2) is 0 Å². The zero-order chi connectivity index (χ0) is 13.8. The van der Waals surface area contributed by atoms with Crippen LogP contribution in [-0.4, -0.2) is 15.9 Å². The molecular weight excluding hydrogens is 248 g/mol. The van der Waals surface area contributed by atoms with Gasteiger partial charge in [0.25, 0.3) is 11.1 Å². The molecule has 0 aliphatic heterocycles. The minimum atomic E-state index is -0.511. The molecule has 8 heteroatoms. The van der Waals surface area contributed by atoms with Crippen molar-refractivity contribution in [3.8, 4) is 12.1 Å². The monoisotopic (exact) mass is 254 g/mol. The fourth-order valence-electron chi connectivity index (χ4n) is 1.51. The Kier molecular flexibility index (Phi) is 3.09. The number of nitrogens with one attached hydrogen (secondary N) is 3. The van der Waals surface area contributed by atoms with Crippen molar-refractivity contribution in [1.82, 2.24) is 10.2 Å². The van der Waals surface area contributed by atoms with Gasteiger partial charge in [-0.05, 0) is 12.1 Å². The number of aromatic nitrogens is 2. The minimum absolute atomic E-state index is 0.102. The normalized spacial score (nSPS) is 9.37. The Morgan fingerprint density at radius 3 is 2.53 bits per heavy atom. The largest absolute Gasteiger partial charge is 0.276 e. The number of fused-ring (bicyclic) bond motifs is 1. The van der Waals surface area contributed by atoms with Gasteiger partial charge in [-0.2, -0.15) is 15.6 Å². The highest BCUT2D eigenvalue weighted by atomic mass is 16.1. The van der Waals surface area contributed by atoms with Gasteiger partial charge < -0.3 is 0 Å². The van der Waals surface area contributed by atoms with E-state index in [9.17, 15) is 9.59 Å². The van der Waals surface area contributed by atoms with E-state index in [2.05, 4.69) is 20.7 Å². The Balaban J connectivity index is 2.64. The molecule has 1 heterocycles. The molecule has 0 saturated carbocycles. The second kappa shape index (κ2) is 4.85. The Hall–Kier alpha value is -3.39. The van der Waals surface area contributed by atoms with Gasteiger partial charge in [-0.1, -0.05) is 6.07 Å². The molecule has 1 aromatic carbocycles. The Labute approximate surface area is 105 Å². The number of nitrogens with zero attached hydrogens (tertiary/aromatic N) is 3. The number of nitriles is 2. The molecule has 1 aromatic heterocycles. The van der Waals surface area contributed by atoms with Crippen molar-refractivity contribution in [3.05, 3.63) is 38.9 Å². The van der Waals surface area contributed by atoms with Crippen molar-refractivity contribution >= 4 is 22.2 Å². The lowest BCUT2D eigenvalue weighted by Gasteiger charge is -2.03. The van der Waals surface area contributed by atoms with Crippen LogP contribution in [0.25, 0.3) is 10.8 Å². The fraction of sp³-hybridized carbons (Fsp3) is 0. The summed E-state index contributed by atoms with van der Waals surface area (Å²) in [4.78, 5) is 23.2. The van der Waals surface area contributed by atoms with Crippen LogP contribution in [0.15, 0.2) is 32.9 Å². The molecule has 19 heavy (non-hydrogen) atoms. The molecule has 0 fully saturated rings. The number of rotatable bonds is 2. The van der Waals surface area contributed by atoms with Crippen LogP contribution in [0.2, 0.25) is 0 Å². The van der Waals surface area contributed by atoms with Gasteiger partial charge in [0.2, 0.25) is 5.71 Å². The number of hydrogen-bond acceptors (Lipinski definition) is 6. The molecule has 2 aromatic rings.